The summed E-state index contributed by atoms with van der Waals surface area (Å²) in [4.78, 5) is 31.3. The lowest BCUT2D eigenvalue weighted by Crippen LogP contribution is -2.13. The summed E-state index contributed by atoms with van der Waals surface area (Å²) in [5.74, 6) is -0.758. The van der Waals surface area contributed by atoms with Gasteiger partial charge in [-0.3, -0.25) is 19.9 Å². The molecule has 0 fully saturated rings. The fourth-order valence-corrected chi connectivity index (χ4v) is 2.36. The van der Waals surface area contributed by atoms with Crippen molar-refractivity contribution in [2.24, 2.45) is 0 Å². The third-order valence-electron chi connectivity index (χ3n) is 2.36. The summed E-state index contributed by atoms with van der Waals surface area (Å²) in [6.07, 6.45) is 1.53. The number of aromatic nitrogens is 2. The standard InChI is InChI=1S/C13H12ClN3O3S/c1-2-20-11(18)6-9-7-21-13(16-9)17-12(19)10-5-8(14)3-4-15-10/h3-5,7H,2,6H2,1H3,(H,16,17,19). The van der Waals surface area contributed by atoms with Gasteiger partial charge in [0.2, 0.25) is 0 Å². The monoisotopic (exact) mass is 325 g/mol. The summed E-state index contributed by atoms with van der Waals surface area (Å²) in [6.45, 7) is 2.07. The van der Waals surface area contributed by atoms with Crippen LogP contribution in [0.1, 0.15) is 23.1 Å². The van der Waals surface area contributed by atoms with E-state index in [1.54, 1.807) is 18.4 Å². The minimum absolute atomic E-state index is 0.0790. The molecule has 2 aromatic rings. The molecule has 0 spiro atoms. The van der Waals surface area contributed by atoms with Crippen molar-refractivity contribution in [3.05, 3.63) is 40.1 Å². The summed E-state index contributed by atoms with van der Waals surface area (Å²) in [5.41, 5.74) is 0.748. The molecule has 110 valence electrons. The topological polar surface area (TPSA) is 81.2 Å². The molecule has 1 amide bonds. The van der Waals surface area contributed by atoms with E-state index in [4.69, 9.17) is 16.3 Å². The van der Waals surface area contributed by atoms with E-state index in [0.717, 1.165) is 0 Å². The molecular formula is C13H12ClN3O3S. The normalized spacial score (nSPS) is 10.2. The third kappa shape index (κ3) is 4.51. The summed E-state index contributed by atoms with van der Waals surface area (Å²) < 4.78 is 4.83. The van der Waals surface area contributed by atoms with Gasteiger partial charge in [-0.25, -0.2) is 4.98 Å². The molecule has 2 aromatic heterocycles. The maximum atomic E-state index is 11.9. The van der Waals surface area contributed by atoms with E-state index in [0.29, 0.717) is 22.5 Å². The SMILES string of the molecule is CCOC(=O)Cc1csc(NC(=O)c2cc(Cl)ccn2)n1. The van der Waals surface area contributed by atoms with Crippen molar-refractivity contribution in [3.63, 3.8) is 0 Å². The molecule has 1 N–H and O–H groups in total. The van der Waals surface area contributed by atoms with E-state index < -0.39 is 5.91 Å². The average molecular weight is 326 g/mol. The molecule has 6 nitrogen and oxygen atoms in total. The van der Waals surface area contributed by atoms with Gasteiger partial charge in [-0.05, 0) is 19.1 Å². The van der Waals surface area contributed by atoms with Crippen LogP contribution in [0.2, 0.25) is 5.02 Å². The fourth-order valence-electron chi connectivity index (χ4n) is 1.50. The van der Waals surface area contributed by atoms with Crippen LogP contribution in [0.25, 0.3) is 0 Å². The summed E-state index contributed by atoms with van der Waals surface area (Å²) in [5, 5.41) is 5.12. The Kier molecular flexibility index (Phi) is 5.24. The maximum absolute atomic E-state index is 11.9. The van der Waals surface area contributed by atoms with Crippen molar-refractivity contribution in [3.8, 4) is 0 Å². The lowest BCUT2D eigenvalue weighted by atomic mass is 10.3. The zero-order valence-electron chi connectivity index (χ0n) is 11.1. The van der Waals surface area contributed by atoms with E-state index in [1.165, 1.54) is 23.6 Å². The molecule has 0 saturated heterocycles. The number of amides is 1. The summed E-state index contributed by atoms with van der Waals surface area (Å²) in [6, 6.07) is 3.04. The molecule has 0 atom stereocenters. The number of carbonyl (C=O) groups is 2. The van der Waals surface area contributed by atoms with Crippen LogP contribution in [0, 0.1) is 0 Å². The Bertz CT molecular complexity index is 660. The number of carbonyl (C=O) groups excluding carboxylic acids is 2. The first kappa shape index (κ1) is 15.4. The number of rotatable bonds is 5. The first-order chi connectivity index (χ1) is 10.1. The predicted molar refractivity (Wildman–Crippen MR) is 79.7 cm³/mol. The van der Waals surface area contributed by atoms with Gasteiger partial charge in [0.05, 0.1) is 18.7 Å². The lowest BCUT2D eigenvalue weighted by Gasteiger charge is -2.01. The van der Waals surface area contributed by atoms with Crippen LogP contribution in [0.5, 0.6) is 0 Å². The van der Waals surface area contributed by atoms with Crippen LogP contribution < -0.4 is 5.32 Å². The van der Waals surface area contributed by atoms with Gasteiger partial charge in [0.25, 0.3) is 5.91 Å². The number of hydrogen-bond acceptors (Lipinski definition) is 6. The Morgan fingerprint density at radius 3 is 3.00 bits per heavy atom. The highest BCUT2D eigenvalue weighted by atomic mass is 35.5. The van der Waals surface area contributed by atoms with Crippen molar-refractivity contribution in [2.45, 2.75) is 13.3 Å². The van der Waals surface area contributed by atoms with Crippen molar-refractivity contribution < 1.29 is 14.3 Å². The Morgan fingerprint density at radius 1 is 1.48 bits per heavy atom. The number of ether oxygens (including phenoxy) is 1. The Hall–Kier alpha value is -1.99. The molecule has 8 heteroatoms. The minimum atomic E-state index is -0.408. The van der Waals surface area contributed by atoms with Gasteiger partial charge in [0, 0.05) is 16.6 Å². The smallest absolute Gasteiger partial charge is 0.311 e. The van der Waals surface area contributed by atoms with Crippen molar-refractivity contribution in [1.82, 2.24) is 9.97 Å². The van der Waals surface area contributed by atoms with Gasteiger partial charge in [-0.15, -0.1) is 11.3 Å². The van der Waals surface area contributed by atoms with Gasteiger partial charge in [0.1, 0.15) is 5.69 Å². The number of nitrogens with one attached hydrogen (secondary N) is 1. The second-order valence-electron chi connectivity index (χ2n) is 3.94. The van der Waals surface area contributed by atoms with Gasteiger partial charge in [0.15, 0.2) is 5.13 Å². The molecule has 2 rings (SSSR count). The van der Waals surface area contributed by atoms with E-state index in [1.807, 2.05) is 0 Å². The molecule has 0 aromatic carbocycles. The molecule has 21 heavy (non-hydrogen) atoms. The molecule has 0 aliphatic carbocycles. The molecule has 0 bridgehead atoms. The molecule has 0 aliphatic rings. The Morgan fingerprint density at radius 2 is 2.29 bits per heavy atom. The van der Waals surface area contributed by atoms with E-state index in [-0.39, 0.29) is 18.1 Å². The fraction of sp³-hybridized carbons (Fsp3) is 0.231. The maximum Gasteiger partial charge on any atom is 0.311 e. The van der Waals surface area contributed by atoms with E-state index in [9.17, 15) is 9.59 Å². The largest absolute Gasteiger partial charge is 0.466 e. The van der Waals surface area contributed by atoms with E-state index >= 15 is 0 Å². The van der Waals surface area contributed by atoms with Crippen molar-refractivity contribution in [2.75, 3.05) is 11.9 Å². The van der Waals surface area contributed by atoms with E-state index in [2.05, 4.69) is 15.3 Å². The van der Waals surface area contributed by atoms with Crippen LogP contribution in [0.15, 0.2) is 23.7 Å². The van der Waals surface area contributed by atoms with Gasteiger partial charge >= 0.3 is 5.97 Å². The predicted octanol–water partition coefficient (Wildman–Crippen LogP) is 2.55. The van der Waals surface area contributed by atoms with Crippen LogP contribution in [-0.4, -0.2) is 28.5 Å². The number of thiazole rings is 1. The lowest BCUT2D eigenvalue weighted by molar-refractivity contribution is -0.142. The average Bonchev–Trinajstić information content (AvgIpc) is 2.86. The number of hydrogen-bond donors (Lipinski definition) is 1. The zero-order valence-corrected chi connectivity index (χ0v) is 12.7. The molecule has 0 aliphatic heterocycles. The molecule has 2 heterocycles. The van der Waals surface area contributed by atoms with Gasteiger partial charge < -0.3 is 4.74 Å². The molecule has 0 radical (unpaired) electrons. The second-order valence-corrected chi connectivity index (χ2v) is 5.23. The summed E-state index contributed by atoms with van der Waals surface area (Å²) in [7, 11) is 0. The Labute approximate surface area is 130 Å². The quantitative estimate of drug-likeness (QED) is 0.854. The highest BCUT2D eigenvalue weighted by Gasteiger charge is 2.12. The Balaban J connectivity index is 1.99. The highest BCUT2D eigenvalue weighted by Crippen LogP contribution is 2.17. The van der Waals surface area contributed by atoms with Crippen LogP contribution in [-0.2, 0) is 16.0 Å². The minimum Gasteiger partial charge on any atom is -0.466 e. The zero-order chi connectivity index (χ0) is 15.2. The molecule has 0 unspecified atom stereocenters. The van der Waals surface area contributed by atoms with Crippen LogP contribution >= 0.6 is 22.9 Å². The van der Waals surface area contributed by atoms with Crippen molar-refractivity contribution in [1.29, 1.82) is 0 Å². The summed E-state index contributed by atoms with van der Waals surface area (Å²) >= 11 is 7.02. The second kappa shape index (κ2) is 7.14. The number of anilines is 1. The number of halogens is 1. The first-order valence-electron chi connectivity index (χ1n) is 6.11. The van der Waals surface area contributed by atoms with Gasteiger partial charge in [-0.2, -0.15) is 0 Å². The van der Waals surface area contributed by atoms with Crippen molar-refractivity contribution >= 4 is 39.9 Å². The van der Waals surface area contributed by atoms with Gasteiger partial charge in [-0.1, -0.05) is 11.6 Å². The highest BCUT2D eigenvalue weighted by molar-refractivity contribution is 7.14. The molecule has 0 saturated carbocycles. The number of pyridine rings is 1. The first-order valence-corrected chi connectivity index (χ1v) is 7.37. The third-order valence-corrected chi connectivity index (χ3v) is 3.40. The number of esters is 1. The van der Waals surface area contributed by atoms with Crippen LogP contribution in [0.3, 0.4) is 0 Å². The molecular weight excluding hydrogens is 314 g/mol. The number of nitrogens with zero attached hydrogens (tertiary/aromatic N) is 2. The van der Waals surface area contributed by atoms with Crippen LogP contribution in [0.4, 0.5) is 5.13 Å².